The lowest BCUT2D eigenvalue weighted by Gasteiger charge is -2.09. The zero-order chi connectivity index (χ0) is 19.3. The second-order valence-corrected chi connectivity index (χ2v) is 7.49. The van der Waals surface area contributed by atoms with Crippen molar-refractivity contribution in [3.8, 4) is 5.75 Å². The predicted molar refractivity (Wildman–Crippen MR) is 96.2 cm³/mol. The smallest absolute Gasteiger partial charge is 0.323 e. The van der Waals surface area contributed by atoms with Crippen molar-refractivity contribution >= 4 is 32.9 Å². The lowest BCUT2D eigenvalue weighted by molar-refractivity contribution is -0.384. The second kappa shape index (κ2) is 7.83. The summed E-state index contributed by atoms with van der Waals surface area (Å²) in [4.78, 5) is 22.1. The number of hydrogen-bond acceptors (Lipinski definition) is 6. The number of hydrogen-bond donors (Lipinski definition) is 3. The third-order valence-corrected chi connectivity index (χ3v) is 5.32. The first-order valence-electron chi connectivity index (χ1n) is 7.61. The molecule has 0 spiro atoms. The minimum absolute atomic E-state index is 0.00440. The first kappa shape index (κ1) is 19.2. The Labute approximate surface area is 149 Å². The number of nitrogens with one attached hydrogen (secondary N) is 2. The van der Waals surface area contributed by atoms with E-state index in [0.717, 1.165) is 12.1 Å². The van der Waals surface area contributed by atoms with Gasteiger partial charge in [-0.25, -0.2) is 13.2 Å². The Morgan fingerprint density at radius 3 is 2.35 bits per heavy atom. The van der Waals surface area contributed by atoms with Crippen molar-refractivity contribution in [2.24, 2.45) is 0 Å². The van der Waals surface area contributed by atoms with Crippen molar-refractivity contribution in [3.05, 3.63) is 52.6 Å². The van der Waals surface area contributed by atoms with Gasteiger partial charge in [-0.05, 0) is 36.8 Å². The molecule has 10 heteroatoms. The molecule has 3 N–H and O–H groups in total. The normalized spacial score (nSPS) is 11.0. The number of amides is 2. The summed E-state index contributed by atoms with van der Waals surface area (Å²) in [5.41, 5.74) is 0.0342. The maximum atomic E-state index is 12.0. The van der Waals surface area contributed by atoms with E-state index in [1.54, 1.807) is 6.92 Å². The highest BCUT2D eigenvalue weighted by molar-refractivity contribution is 7.91. The van der Waals surface area contributed by atoms with Crippen molar-refractivity contribution < 1.29 is 23.2 Å². The number of phenolic OH excluding ortho intramolecular Hbond substituents is 1. The number of phenols is 1. The van der Waals surface area contributed by atoms with E-state index >= 15 is 0 Å². The van der Waals surface area contributed by atoms with E-state index in [4.69, 9.17) is 0 Å². The standard InChI is InChI=1S/C16H17N3O6S/c1-2-9-26(24,25)13-6-3-11(4-7-13)17-16(21)18-14-8-5-12(19(22)23)10-15(14)20/h3-8,10,20H,2,9H2,1H3,(H2,17,18,21). The van der Waals surface area contributed by atoms with Crippen LogP contribution in [0.2, 0.25) is 0 Å². The van der Waals surface area contributed by atoms with Gasteiger partial charge in [-0.2, -0.15) is 0 Å². The van der Waals surface area contributed by atoms with Crippen LogP contribution in [0.5, 0.6) is 5.75 Å². The highest BCUT2D eigenvalue weighted by atomic mass is 32.2. The molecule has 26 heavy (non-hydrogen) atoms. The average Bonchev–Trinajstić information content (AvgIpc) is 2.57. The highest BCUT2D eigenvalue weighted by Gasteiger charge is 2.14. The van der Waals surface area contributed by atoms with Gasteiger partial charge in [-0.3, -0.25) is 10.1 Å². The summed E-state index contributed by atoms with van der Waals surface area (Å²) in [5, 5.41) is 25.2. The average molecular weight is 379 g/mol. The van der Waals surface area contributed by atoms with Gasteiger partial charge in [0.25, 0.3) is 5.69 Å². The van der Waals surface area contributed by atoms with Crippen LogP contribution in [-0.2, 0) is 9.84 Å². The van der Waals surface area contributed by atoms with Crippen molar-refractivity contribution in [1.29, 1.82) is 0 Å². The Kier molecular flexibility index (Phi) is 5.78. The molecular weight excluding hydrogens is 362 g/mol. The molecule has 0 aliphatic rings. The van der Waals surface area contributed by atoms with Gasteiger partial charge in [0, 0.05) is 11.8 Å². The molecule has 0 saturated heterocycles. The Bertz CT molecular complexity index is 926. The van der Waals surface area contributed by atoms with E-state index in [1.165, 1.54) is 30.3 Å². The first-order valence-corrected chi connectivity index (χ1v) is 9.26. The van der Waals surface area contributed by atoms with E-state index in [0.29, 0.717) is 12.1 Å². The van der Waals surface area contributed by atoms with Crippen LogP contribution < -0.4 is 10.6 Å². The fraction of sp³-hybridized carbons (Fsp3) is 0.188. The number of nitro benzene ring substituents is 1. The number of anilines is 2. The molecule has 2 rings (SSSR count). The molecule has 138 valence electrons. The molecule has 2 aromatic carbocycles. The van der Waals surface area contributed by atoms with Crippen molar-refractivity contribution in [2.75, 3.05) is 16.4 Å². The number of carbonyl (C=O) groups is 1. The van der Waals surface area contributed by atoms with E-state index in [2.05, 4.69) is 10.6 Å². The summed E-state index contributed by atoms with van der Waals surface area (Å²) >= 11 is 0. The van der Waals surface area contributed by atoms with Gasteiger partial charge in [0.15, 0.2) is 9.84 Å². The number of aromatic hydroxyl groups is 1. The third-order valence-electron chi connectivity index (χ3n) is 3.38. The van der Waals surface area contributed by atoms with Crippen LogP contribution in [0.3, 0.4) is 0 Å². The fourth-order valence-electron chi connectivity index (χ4n) is 2.16. The van der Waals surface area contributed by atoms with Gasteiger partial charge >= 0.3 is 6.03 Å². The number of non-ortho nitro benzene ring substituents is 1. The number of nitro groups is 1. The molecule has 0 aliphatic heterocycles. The SMILES string of the molecule is CCCS(=O)(=O)c1ccc(NC(=O)Nc2ccc([N+](=O)[O-])cc2O)cc1. The predicted octanol–water partition coefficient (Wildman–Crippen LogP) is 3.13. The Morgan fingerprint density at radius 2 is 1.81 bits per heavy atom. The van der Waals surface area contributed by atoms with Crippen LogP contribution in [-0.4, -0.2) is 30.2 Å². The third kappa shape index (κ3) is 4.70. The van der Waals surface area contributed by atoms with Crippen LogP contribution >= 0.6 is 0 Å². The zero-order valence-corrected chi connectivity index (χ0v) is 14.6. The maximum Gasteiger partial charge on any atom is 0.323 e. The quantitative estimate of drug-likeness (QED) is 0.400. The lowest BCUT2D eigenvalue weighted by Crippen LogP contribution is -2.19. The first-order chi connectivity index (χ1) is 12.2. The number of benzene rings is 2. The molecule has 2 aromatic rings. The van der Waals surface area contributed by atoms with Crippen molar-refractivity contribution in [3.63, 3.8) is 0 Å². The van der Waals surface area contributed by atoms with Gasteiger partial charge in [-0.1, -0.05) is 6.92 Å². The van der Waals surface area contributed by atoms with Gasteiger partial charge < -0.3 is 15.7 Å². The molecule has 0 radical (unpaired) electrons. The van der Waals surface area contributed by atoms with Gasteiger partial charge in [0.2, 0.25) is 0 Å². The molecule has 0 aromatic heterocycles. The summed E-state index contributed by atoms with van der Waals surface area (Å²) in [7, 11) is -3.34. The fourth-order valence-corrected chi connectivity index (χ4v) is 3.48. The summed E-state index contributed by atoms with van der Waals surface area (Å²) in [6.07, 6.45) is 0.503. The van der Waals surface area contributed by atoms with Gasteiger partial charge in [0.05, 0.1) is 27.3 Å². The number of rotatable bonds is 6. The van der Waals surface area contributed by atoms with Crippen LogP contribution in [0, 0.1) is 10.1 Å². The molecule has 0 bridgehead atoms. The largest absolute Gasteiger partial charge is 0.506 e. The van der Waals surface area contributed by atoms with Crippen LogP contribution in [0.15, 0.2) is 47.4 Å². The highest BCUT2D eigenvalue weighted by Crippen LogP contribution is 2.28. The molecule has 0 atom stereocenters. The Balaban J connectivity index is 2.05. The Morgan fingerprint density at radius 1 is 1.15 bits per heavy atom. The summed E-state index contributed by atoms with van der Waals surface area (Å²) < 4.78 is 23.9. The maximum absolute atomic E-state index is 12.0. The summed E-state index contributed by atoms with van der Waals surface area (Å²) in [5.74, 6) is -0.407. The zero-order valence-electron chi connectivity index (χ0n) is 13.8. The number of nitrogens with zero attached hydrogens (tertiary/aromatic N) is 1. The van der Waals surface area contributed by atoms with Gasteiger partial charge in [-0.15, -0.1) is 0 Å². The minimum Gasteiger partial charge on any atom is -0.506 e. The second-order valence-electron chi connectivity index (χ2n) is 5.38. The Hall–Kier alpha value is -3.14. The lowest BCUT2D eigenvalue weighted by atomic mass is 10.2. The number of carbonyl (C=O) groups excluding carboxylic acids is 1. The number of urea groups is 1. The van der Waals surface area contributed by atoms with Crippen molar-refractivity contribution in [1.82, 2.24) is 0 Å². The topological polar surface area (TPSA) is 139 Å². The summed E-state index contributed by atoms with van der Waals surface area (Å²) in [6.45, 7) is 1.77. The molecule has 0 saturated carbocycles. The molecule has 0 aliphatic carbocycles. The van der Waals surface area contributed by atoms with Crippen LogP contribution in [0.4, 0.5) is 21.9 Å². The molecule has 0 unspecified atom stereocenters. The van der Waals surface area contributed by atoms with E-state index in [9.17, 15) is 28.4 Å². The van der Waals surface area contributed by atoms with Crippen LogP contribution in [0.25, 0.3) is 0 Å². The monoisotopic (exact) mass is 379 g/mol. The summed E-state index contributed by atoms with van der Waals surface area (Å²) in [6, 6.07) is 8.24. The molecule has 0 heterocycles. The number of sulfone groups is 1. The molecule has 2 amide bonds. The van der Waals surface area contributed by atoms with E-state index < -0.39 is 26.5 Å². The molecular formula is C16H17N3O6S. The van der Waals surface area contributed by atoms with Gasteiger partial charge in [0.1, 0.15) is 5.75 Å². The molecule has 0 fully saturated rings. The van der Waals surface area contributed by atoms with Crippen molar-refractivity contribution in [2.45, 2.75) is 18.2 Å². The van der Waals surface area contributed by atoms with E-state index in [-0.39, 0.29) is 22.0 Å². The van der Waals surface area contributed by atoms with Crippen LogP contribution in [0.1, 0.15) is 13.3 Å². The molecule has 9 nitrogen and oxygen atoms in total. The minimum atomic E-state index is -3.34. The van der Waals surface area contributed by atoms with E-state index in [1.807, 2.05) is 0 Å².